The van der Waals surface area contributed by atoms with Gasteiger partial charge < -0.3 is 24.7 Å². The van der Waals surface area contributed by atoms with Crippen LogP contribution < -0.4 is 24.7 Å². The third kappa shape index (κ3) is 13.7. The Labute approximate surface area is 44.7 Å². The summed E-state index contributed by atoms with van der Waals surface area (Å²) in [6.07, 6.45) is 0. The monoisotopic (exact) mass is 133 g/mol. The van der Waals surface area contributed by atoms with E-state index in [0.29, 0.717) is 0 Å². The summed E-state index contributed by atoms with van der Waals surface area (Å²) in [6, 6.07) is 0. The van der Waals surface area contributed by atoms with Gasteiger partial charge in [-0.05, 0) is 0 Å². The molecule has 4 heavy (non-hydrogen) atoms. The van der Waals surface area contributed by atoms with Gasteiger partial charge in [-0.1, -0.05) is 0 Å². The fourth-order valence-corrected chi connectivity index (χ4v) is 0. The van der Waals surface area contributed by atoms with Gasteiger partial charge in [0.1, 0.15) is 0 Å². The summed E-state index contributed by atoms with van der Waals surface area (Å²) in [7, 11) is 0. The second kappa shape index (κ2) is 44.3. The molecular formula is H6ClN2Zn+. The maximum Gasteiger partial charge on any atom is 2.00 e. The van der Waals surface area contributed by atoms with E-state index in [2.05, 4.69) is 0 Å². The topological polar surface area (TPSA) is 70.0 Å². The van der Waals surface area contributed by atoms with Gasteiger partial charge in [-0.2, -0.15) is 0 Å². The molecule has 0 fully saturated rings. The average Bonchev–Trinajstić information content (AvgIpc) is 0. The van der Waals surface area contributed by atoms with E-state index < -0.39 is 0 Å². The van der Waals surface area contributed by atoms with Crippen LogP contribution >= 0.6 is 0 Å². The van der Waals surface area contributed by atoms with E-state index in [0.717, 1.165) is 0 Å². The first-order valence-corrected chi connectivity index (χ1v) is 0. The zero-order chi connectivity index (χ0) is 0. The van der Waals surface area contributed by atoms with E-state index in [4.69, 9.17) is 0 Å². The van der Waals surface area contributed by atoms with Crippen LogP contribution in [0.5, 0.6) is 0 Å². The van der Waals surface area contributed by atoms with Crippen LogP contribution in [0.1, 0.15) is 0 Å². The van der Waals surface area contributed by atoms with E-state index >= 15 is 0 Å². The van der Waals surface area contributed by atoms with E-state index in [1.807, 2.05) is 0 Å². The molecule has 0 spiro atoms. The van der Waals surface area contributed by atoms with Crippen molar-refractivity contribution in [3.63, 3.8) is 0 Å². The Bertz CT molecular complexity index is 6.00. The number of hydrogen-bond acceptors (Lipinski definition) is 2. The first kappa shape index (κ1) is 102. The third-order valence-corrected chi connectivity index (χ3v) is 0. The predicted octanol–water partition coefficient (Wildman–Crippen LogP) is -2.67. The van der Waals surface area contributed by atoms with Crippen molar-refractivity contribution in [1.29, 1.82) is 0 Å². The standard InChI is InChI=1S/ClH.2H3N.Zn/h1H;2*1H3;/q;;;+2/p-1. The molecule has 0 aliphatic heterocycles. The van der Waals surface area contributed by atoms with Crippen LogP contribution in [0.4, 0.5) is 0 Å². The molecule has 0 saturated carbocycles. The van der Waals surface area contributed by atoms with Crippen molar-refractivity contribution < 1.29 is 31.9 Å². The molecule has 0 radical (unpaired) electrons. The predicted molar refractivity (Wildman–Crippen MR) is 10.0 cm³/mol. The summed E-state index contributed by atoms with van der Waals surface area (Å²) < 4.78 is 0. The fourth-order valence-electron chi connectivity index (χ4n) is 0. The summed E-state index contributed by atoms with van der Waals surface area (Å²) in [5.74, 6) is 0. The molecule has 0 aromatic rings. The molecule has 4 heteroatoms. The molecule has 0 aromatic heterocycles. The minimum absolute atomic E-state index is 0. The Balaban J connectivity index is 0. The molecule has 0 amide bonds. The summed E-state index contributed by atoms with van der Waals surface area (Å²) in [5, 5.41) is 0. The molecule has 0 aliphatic carbocycles. The smallest absolute Gasteiger partial charge is 1.00 e. The van der Waals surface area contributed by atoms with Crippen molar-refractivity contribution in [2.75, 3.05) is 0 Å². The van der Waals surface area contributed by atoms with Gasteiger partial charge in [-0.3, -0.25) is 0 Å². The van der Waals surface area contributed by atoms with Gasteiger partial charge in [-0.15, -0.1) is 0 Å². The first-order chi connectivity index (χ1) is 0. The maximum absolute atomic E-state index is 0. The van der Waals surface area contributed by atoms with Gasteiger partial charge in [0.25, 0.3) is 0 Å². The molecule has 0 aliphatic rings. The van der Waals surface area contributed by atoms with Crippen LogP contribution in [-0.2, 0) is 19.5 Å². The number of hydrogen-bond donors (Lipinski definition) is 2. The molecule has 0 rings (SSSR count). The summed E-state index contributed by atoms with van der Waals surface area (Å²) in [5.41, 5.74) is 0. The van der Waals surface area contributed by atoms with Crippen LogP contribution in [-0.4, -0.2) is 0 Å². The van der Waals surface area contributed by atoms with Gasteiger partial charge in [0.05, 0.1) is 0 Å². The first-order valence-electron chi connectivity index (χ1n) is 0. The summed E-state index contributed by atoms with van der Waals surface area (Å²) in [4.78, 5) is 0. The zero-order valence-corrected chi connectivity index (χ0v) is 6.22. The second-order valence-electron chi connectivity index (χ2n) is 0. The molecule has 6 N–H and O–H groups in total. The number of halogens is 1. The van der Waals surface area contributed by atoms with Gasteiger partial charge >= 0.3 is 19.5 Å². The Morgan fingerprint density at radius 3 is 0.750 bits per heavy atom. The van der Waals surface area contributed by atoms with Crippen molar-refractivity contribution in [2.45, 2.75) is 0 Å². The van der Waals surface area contributed by atoms with Gasteiger partial charge in [-0.25, -0.2) is 0 Å². The third-order valence-electron chi connectivity index (χ3n) is 0. The molecule has 0 aromatic carbocycles. The average molecular weight is 135 g/mol. The normalized spacial score (nSPS) is 0. The van der Waals surface area contributed by atoms with E-state index in [1.165, 1.54) is 0 Å². The quantitative estimate of drug-likeness (QED) is 0.355. The molecular weight excluding hydrogens is 129 g/mol. The second-order valence-corrected chi connectivity index (χ2v) is 0. The van der Waals surface area contributed by atoms with Crippen molar-refractivity contribution in [3.8, 4) is 0 Å². The van der Waals surface area contributed by atoms with E-state index in [1.54, 1.807) is 0 Å². The minimum atomic E-state index is 0. The molecule has 2 nitrogen and oxygen atoms in total. The Hall–Kier alpha value is 0.833. The maximum atomic E-state index is 0. The Kier molecular flexibility index (Phi) is 1130. The summed E-state index contributed by atoms with van der Waals surface area (Å²) in [6.45, 7) is 0. The Morgan fingerprint density at radius 1 is 0.750 bits per heavy atom. The van der Waals surface area contributed by atoms with Gasteiger partial charge in [0.15, 0.2) is 0 Å². The molecule has 0 atom stereocenters. The van der Waals surface area contributed by atoms with Crippen LogP contribution in [0.15, 0.2) is 0 Å². The molecule has 0 saturated heterocycles. The van der Waals surface area contributed by atoms with E-state index in [9.17, 15) is 0 Å². The zero-order valence-electron chi connectivity index (χ0n) is 2.50. The number of rotatable bonds is 0. The van der Waals surface area contributed by atoms with Crippen molar-refractivity contribution in [3.05, 3.63) is 0 Å². The van der Waals surface area contributed by atoms with Crippen molar-refractivity contribution in [2.24, 2.45) is 0 Å². The van der Waals surface area contributed by atoms with Gasteiger partial charge in [0, 0.05) is 0 Å². The SMILES string of the molecule is N.N.[Cl-].[Zn+2]. The van der Waals surface area contributed by atoms with Crippen molar-refractivity contribution >= 4 is 0 Å². The van der Waals surface area contributed by atoms with Crippen LogP contribution in [0.3, 0.4) is 0 Å². The van der Waals surface area contributed by atoms with Crippen molar-refractivity contribution in [1.82, 2.24) is 12.3 Å². The fraction of sp³-hybridized carbons (Fsp3) is 0. The van der Waals surface area contributed by atoms with Crippen LogP contribution in [0.25, 0.3) is 0 Å². The Morgan fingerprint density at radius 2 is 0.750 bits per heavy atom. The van der Waals surface area contributed by atoms with Crippen LogP contribution in [0.2, 0.25) is 0 Å². The van der Waals surface area contributed by atoms with Gasteiger partial charge in [0.2, 0.25) is 0 Å². The minimum Gasteiger partial charge on any atom is -1.00 e. The molecule has 0 heterocycles. The van der Waals surface area contributed by atoms with Crippen LogP contribution in [0, 0.1) is 0 Å². The van der Waals surface area contributed by atoms with E-state index in [-0.39, 0.29) is 44.2 Å². The molecule has 24 valence electrons. The summed E-state index contributed by atoms with van der Waals surface area (Å²) >= 11 is 0. The molecule has 0 bridgehead atoms. The molecule has 0 unspecified atom stereocenters. The largest absolute Gasteiger partial charge is 2.00 e.